The molecule has 0 aromatic heterocycles. The summed E-state index contributed by atoms with van der Waals surface area (Å²) in [5.41, 5.74) is 3.19. The van der Waals surface area contributed by atoms with Crippen molar-refractivity contribution in [1.82, 2.24) is 15.1 Å². The van der Waals surface area contributed by atoms with Gasteiger partial charge < -0.3 is 19.3 Å². The maximum Gasteiger partial charge on any atom is 0.313 e. The molecule has 37 heavy (non-hydrogen) atoms. The van der Waals surface area contributed by atoms with Crippen LogP contribution in [0.1, 0.15) is 55.7 Å². The lowest BCUT2D eigenvalue weighted by Gasteiger charge is -2.35. The quantitative estimate of drug-likeness (QED) is 0.335. The Labute approximate surface area is 222 Å². The van der Waals surface area contributed by atoms with Gasteiger partial charge in [0.1, 0.15) is 11.5 Å². The zero-order valence-electron chi connectivity index (χ0n) is 22.0. The molecule has 2 aliphatic rings. The predicted molar refractivity (Wildman–Crippen MR) is 147 cm³/mol. The second-order valence-corrected chi connectivity index (χ2v) is 11.8. The molecule has 1 aliphatic heterocycles. The van der Waals surface area contributed by atoms with Crippen LogP contribution in [0.5, 0.6) is 5.75 Å². The van der Waals surface area contributed by atoms with Gasteiger partial charge in [-0.2, -0.15) is 8.42 Å². The number of hydrogen-bond donors (Lipinski definition) is 1. The van der Waals surface area contributed by atoms with Crippen molar-refractivity contribution in [2.45, 2.75) is 63.7 Å². The summed E-state index contributed by atoms with van der Waals surface area (Å²) in [6.45, 7) is 7.70. The molecule has 0 saturated carbocycles. The highest BCUT2D eigenvalue weighted by atomic mass is 32.2. The Balaban J connectivity index is 1.29. The minimum absolute atomic E-state index is 0.137. The second-order valence-electron chi connectivity index (χ2n) is 10.2. The van der Waals surface area contributed by atoms with Gasteiger partial charge in [0.2, 0.25) is 5.91 Å². The molecule has 2 aromatic carbocycles. The predicted octanol–water partition coefficient (Wildman–Crippen LogP) is 3.77. The van der Waals surface area contributed by atoms with Gasteiger partial charge in [-0.25, -0.2) is 0 Å². The Morgan fingerprint density at radius 3 is 2.68 bits per heavy atom. The number of benzene rings is 2. The number of carbonyl (C=O) groups excluding carboxylic acids is 1. The van der Waals surface area contributed by atoms with Crippen LogP contribution < -0.4 is 9.50 Å². The fourth-order valence-corrected chi connectivity index (χ4v) is 6.52. The van der Waals surface area contributed by atoms with Gasteiger partial charge in [0.05, 0.1) is 0 Å². The summed E-state index contributed by atoms with van der Waals surface area (Å²) in [6, 6.07) is 15.3. The third kappa shape index (κ3) is 8.28. The van der Waals surface area contributed by atoms with Crippen LogP contribution in [-0.2, 0) is 33.5 Å². The lowest BCUT2D eigenvalue weighted by Crippen LogP contribution is -2.41. The van der Waals surface area contributed by atoms with Crippen molar-refractivity contribution in [3.63, 3.8) is 0 Å². The number of nitrogens with zero attached hydrogens (tertiary/aromatic N) is 2. The van der Waals surface area contributed by atoms with E-state index in [1.807, 2.05) is 35.2 Å². The van der Waals surface area contributed by atoms with Gasteiger partial charge in [-0.05, 0) is 80.4 Å². The first-order valence-electron chi connectivity index (χ1n) is 13.7. The molecule has 1 unspecified atom stereocenters. The highest BCUT2D eigenvalue weighted by Crippen LogP contribution is 2.29. The molecule has 7 nitrogen and oxygen atoms in total. The number of aryl methyl sites for hydroxylation is 1. The smallest absolute Gasteiger partial charge is 0.313 e. The van der Waals surface area contributed by atoms with E-state index in [9.17, 15) is 13.2 Å². The van der Waals surface area contributed by atoms with E-state index in [2.05, 4.69) is 17.1 Å². The minimum Gasteiger partial charge on any atom is -0.382 e. The van der Waals surface area contributed by atoms with Crippen LogP contribution >= 0.6 is 0 Å². The van der Waals surface area contributed by atoms with E-state index in [1.54, 1.807) is 18.2 Å². The molecule has 1 fully saturated rings. The van der Waals surface area contributed by atoms with E-state index in [0.717, 1.165) is 77.8 Å². The van der Waals surface area contributed by atoms with Gasteiger partial charge in [-0.1, -0.05) is 43.3 Å². The molecule has 1 heterocycles. The van der Waals surface area contributed by atoms with Crippen molar-refractivity contribution in [3.05, 3.63) is 65.2 Å². The summed E-state index contributed by atoms with van der Waals surface area (Å²) in [5, 5.41) is 3.30. The molecular weight excluding hydrogens is 486 g/mol. The molecule has 0 radical (unpaired) electrons. The minimum atomic E-state index is -3.71. The van der Waals surface area contributed by atoms with E-state index in [1.165, 1.54) is 11.1 Å². The van der Waals surface area contributed by atoms with Crippen molar-refractivity contribution in [2.24, 2.45) is 0 Å². The van der Waals surface area contributed by atoms with Gasteiger partial charge in [-0.3, -0.25) is 4.79 Å². The number of hydrogen-bond acceptors (Lipinski definition) is 6. The molecule has 1 N–H and O–H groups in total. The van der Waals surface area contributed by atoms with Crippen molar-refractivity contribution in [2.75, 3.05) is 39.3 Å². The van der Waals surface area contributed by atoms with Crippen LogP contribution in [0.3, 0.4) is 0 Å². The van der Waals surface area contributed by atoms with Gasteiger partial charge >= 0.3 is 10.1 Å². The number of nitrogens with one attached hydrogen (secondary N) is 1. The summed E-state index contributed by atoms with van der Waals surface area (Å²) >= 11 is 0. The number of carbonyl (C=O) groups is 1. The van der Waals surface area contributed by atoms with Crippen molar-refractivity contribution in [1.29, 1.82) is 0 Å². The summed E-state index contributed by atoms with van der Waals surface area (Å²) in [5.74, 6) is 0.536. The molecule has 8 heteroatoms. The Bertz CT molecular complexity index is 1120. The average molecular weight is 528 g/mol. The van der Waals surface area contributed by atoms with E-state index < -0.39 is 10.1 Å². The first kappa shape index (κ1) is 27.6. The van der Waals surface area contributed by atoms with Crippen LogP contribution in [0.2, 0.25) is 0 Å². The van der Waals surface area contributed by atoms with E-state index >= 15 is 0 Å². The standard InChI is InChI=1S/C29H41N3O4S/c1-2-17-31(18-6-7-19-32-20-16-30-15-14-29(32)33)27-12-10-26-22-28(13-11-25(26)21-27)36-37(34,35)23-24-8-4-3-5-9-24/h3-5,8-9,11,13,22,27,30H,2,6-7,10,12,14-21,23H2,1H3. The molecule has 2 aromatic rings. The van der Waals surface area contributed by atoms with Crippen LogP contribution in [0.4, 0.5) is 0 Å². The molecule has 0 spiro atoms. The molecule has 1 aliphatic carbocycles. The maximum absolute atomic E-state index is 12.6. The van der Waals surface area contributed by atoms with Crippen molar-refractivity contribution in [3.8, 4) is 5.75 Å². The van der Waals surface area contributed by atoms with Gasteiger partial charge in [0.25, 0.3) is 0 Å². The van der Waals surface area contributed by atoms with Crippen molar-refractivity contribution < 1.29 is 17.4 Å². The highest BCUT2D eigenvalue weighted by Gasteiger charge is 2.25. The Morgan fingerprint density at radius 2 is 1.86 bits per heavy atom. The largest absolute Gasteiger partial charge is 0.382 e. The van der Waals surface area contributed by atoms with E-state index in [0.29, 0.717) is 23.8 Å². The normalized spacial score (nSPS) is 18.5. The van der Waals surface area contributed by atoms with Gasteiger partial charge in [0, 0.05) is 38.6 Å². The molecule has 202 valence electrons. The monoisotopic (exact) mass is 527 g/mol. The number of unbranched alkanes of at least 4 members (excludes halogenated alkanes) is 1. The average Bonchev–Trinajstić information content (AvgIpc) is 3.09. The number of rotatable bonds is 12. The lowest BCUT2D eigenvalue weighted by atomic mass is 9.87. The molecule has 1 saturated heterocycles. The fraction of sp³-hybridized carbons (Fsp3) is 0.552. The van der Waals surface area contributed by atoms with Crippen LogP contribution in [0.25, 0.3) is 0 Å². The second kappa shape index (κ2) is 13.4. The van der Waals surface area contributed by atoms with Crippen LogP contribution in [0, 0.1) is 0 Å². The summed E-state index contributed by atoms with van der Waals surface area (Å²) < 4.78 is 30.6. The molecule has 4 rings (SSSR count). The maximum atomic E-state index is 12.6. The number of amides is 1. The Kier molecular flexibility index (Phi) is 10.00. The molecular formula is C29H41N3O4S. The van der Waals surface area contributed by atoms with E-state index in [4.69, 9.17) is 4.18 Å². The van der Waals surface area contributed by atoms with Gasteiger partial charge in [-0.15, -0.1) is 0 Å². The highest BCUT2D eigenvalue weighted by molar-refractivity contribution is 7.86. The molecule has 0 bridgehead atoms. The van der Waals surface area contributed by atoms with Crippen LogP contribution in [0.15, 0.2) is 48.5 Å². The lowest BCUT2D eigenvalue weighted by molar-refractivity contribution is -0.130. The van der Waals surface area contributed by atoms with Gasteiger partial charge in [0.15, 0.2) is 0 Å². The fourth-order valence-electron chi connectivity index (χ4n) is 5.47. The molecule has 1 atom stereocenters. The zero-order chi connectivity index (χ0) is 26.1. The first-order chi connectivity index (χ1) is 17.9. The molecule has 1 amide bonds. The summed E-state index contributed by atoms with van der Waals surface area (Å²) in [4.78, 5) is 16.9. The third-order valence-electron chi connectivity index (χ3n) is 7.37. The zero-order valence-corrected chi connectivity index (χ0v) is 22.8. The third-order valence-corrected chi connectivity index (χ3v) is 8.50. The summed E-state index contributed by atoms with van der Waals surface area (Å²) in [6.07, 6.45) is 6.80. The van der Waals surface area contributed by atoms with E-state index in [-0.39, 0.29) is 11.7 Å². The first-order valence-corrected chi connectivity index (χ1v) is 15.3. The number of fused-ring (bicyclic) bond motifs is 1. The topological polar surface area (TPSA) is 79.0 Å². The summed E-state index contributed by atoms with van der Waals surface area (Å²) in [7, 11) is -3.71. The van der Waals surface area contributed by atoms with Crippen molar-refractivity contribution >= 4 is 16.0 Å². The Morgan fingerprint density at radius 1 is 1.03 bits per heavy atom. The SMILES string of the molecule is CCCN(CCCCN1CCNCCC1=O)C1CCc2cc(OS(=O)(=O)Cc3ccccc3)ccc2C1. The Hall–Kier alpha value is -2.42. The van der Waals surface area contributed by atoms with Crippen LogP contribution in [-0.4, -0.2) is 69.4 Å².